The molecule has 5 heteroatoms. The highest BCUT2D eigenvalue weighted by atomic mass is 19.1. The smallest absolute Gasteiger partial charge is 0.411 e. The first-order valence-corrected chi connectivity index (χ1v) is 8.53. The molecule has 0 saturated carbocycles. The van der Waals surface area contributed by atoms with Gasteiger partial charge in [-0.15, -0.1) is 0 Å². The molecule has 23 heavy (non-hydrogen) atoms. The predicted octanol–water partition coefficient (Wildman–Crippen LogP) is 3.92. The second-order valence-corrected chi connectivity index (χ2v) is 6.37. The van der Waals surface area contributed by atoms with Crippen molar-refractivity contribution in [2.75, 3.05) is 31.6 Å². The van der Waals surface area contributed by atoms with Crippen LogP contribution in [0.2, 0.25) is 0 Å². The van der Waals surface area contributed by atoms with E-state index in [9.17, 15) is 9.18 Å². The molecule has 0 fully saturated rings. The van der Waals surface area contributed by atoms with Gasteiger partial charge in [0.15, 0.2) is 0 Å². The summed E-state index contributed by atoms with van der Waals surface area (Å²) in [5, 5.41) is 9.10. The molecule has 1 aliphatic rings. The number of unbranched alkanes of at least 4 members (excludes halogenated alkanes) is 2. The van der Waals surface area contributed by atoms with Crippen LogP contribution in [-0.2, 0) is 12.8 Å². The van der Waals surface area contributed by atoms with Gasteiger partial charge in [0.1, 0.15) is 5.82 Å². The van der Waals surface area contributed by atoms with Crippen molar-refractivity contribution in [1.82, 2.24) is 4.90 Å². The molecular weight excluding hydrogens is 295 g/mol. The number of aryl methyl sites for hydroxylation is 1. The topological polar surface area (TPSA) is 43.8 Å². The van der Waals surface area contributed by atoms with E-state index in [1.165, 1.54) is 17.4 Å². The van der Waals surface area contributed by atoms with Crippen molar-refractivity contribution in [3.8, 4) is 0 Å². The number of rotatable bonds is 8. The standard InChI is InChI=1S/C18H27FN2O2/c1-3-9-20(2)10-6-4-5-7-14-12-15-8-11-21(18(22)23)17(15)13-16(14)19/h12-13H,3-11H2,1-2H3,(H,22,23). The van der Waals surface area contributed by atoms with Gasteiger partial charge in [-0.05, 0) is 69.4 Å². The van der Waals surface area contributed by atoms with Crippen LogP contribution in [0.3, 0.4) is 0 Å². The van der Waals surface area contributed by atoms with Crippen LogP contribution in [0.4, 0.5) is 14.9 Å². The number of anilines is 1. The van der Waals surface area contributed by atoms with E-state index in [2.05, 4.69) is 18.9 Å². The summed E-state index contributed by atoms with van der Waals surface area (Å²) in [6.45, 7) is 4.82. The number of fused-ring (bicyclic) bond motifs is 1. The molecule has 1 N–H and O–H groups in total. The molecule has 0 unspecified atom stereocenters. The van der Waals surface area contributed by atoms with Gasteiger partial charge in [-0.2, -0.15) is 0 Å². The third kappa shape index (κ3) is 4.67. The third-order valence-corrected chi connectivity index (χ3v) is 4.47. The highest BCUT2D eigenvalue weighted by molar-refractivity contribution is 5.89. The maximum atomic E-state index is 14.2. The van der Waals surface area contributed by atoms with Crippen molar-refractivity contribution < 1.29 is 14.3 Å². The fraction of sp³-hybridized carbons (Fsp3) is 0.611. The van der Waals surface area contributed by atoms with Crippen molar-refractivity contribution in [2.24, 2.45) is 0 Å². The molecule has 1 aromatic carbocycles. The average molecular weight is 322 g/mol. The Bertz CT molecular complexity index is 548. The van der Waals surface area contributed by atoms with Crippen LogP contribution in [0.25, 0.3) is 0 Å². The van der Waals surface area contributed by atoms with E-state index in [0.717, 1.165) is 49.9 Å². The van der Waals surface area contributed by atoms with Gasteiger partial charge >= 0.3 is 6.09 Å². The first kappa shape index (κ1) is 17.7. The van der Waals surface area contributed by atoms with E-state index in [1.54, 1.807) is 0 Å². The van der Waals surface area contributed by atoms with Crippen molar-refractivity contribution in [3.05, 3.63) is 29.1 Å². The summed E-state index contributed by atoms with van der Waals surface area (Å²) in [6, 6.07) is 3.25. The minimum Gasteiger partial charge on any atom is -0.465 e. The van der Waals surface area contributed by atoms with Crippen LogP contribution in [0.1, 0.15) is 43.7 Å². The van der Waals surface area contributed by atoms with Gasteiger partial charge in [0.05, 0.1) is 5.69 Å². The number of hydrogen-bond acceptors (Lipinski definition) is 2. The minimum atomic E-state index is -1.01. The Morgan fingerprint density at radius 1 is 1.30 bits per heavy atom. The average Bonchev–Trinajstić information content (AvgIpc) is 2.90. The number of hydrogen-bond donors (Lipinski definition) is 1. The molecule has 1 aliphatic heterocycles. The van der Waals surface area contributed by atoms with E-state index < -0.39 is 6.09 Å². The monoisotopic (exact) mass is 322 g/mol. The summed E-state index contributed by atoms with van der Waals surface area (Å²) >= 11 is 0. The first-order chi connectivity index (χ1) is 11.0. The van der Waals surface area contributed by atoms with Crippen molar-refractivity contribution >= 4 is 11.8 Å². The number of carboxylic acid groups (broad SMARTS) is 1. The van der Waals surface area contributed by atoms with Crippen LogP contribution >= 0.6 is 0 Å². The van der Waals surface area contributed by atoms with Crippen LogP contribution < -0.4 is 4.90 Å². The molecule has 2 rings (SSSR count). The molecule has 0 bridgehead atoms. The fourth-order valence-electron chi connectivity index (χ4n) is 3.22. The molecular formula is C18H27FN2O2. The summed E-state index contributed by atoms with van der Waals surface area (Å²) in [6.07, 6.45) is 4.76. The Kier molecular flexibility index (Phi) is 6.39. The zero-order valence-electron chi connectivity index (χ0n) is 14.1. The zero-order valence-corrected chi connectivity index (χ0v) is 14.1. The van der Waals surface area contributed by atoms with Gasteiger partial charge in [0.25, 0.3) is 0 Å². The Morgan fingerprint density at radius 3 is 2.78 bits per heavy atom. The maximum absolute atomic E-state index is 14.2. The summed E-state index contributed by atoms with van der Waals surface area (Å²) in [4.78, 5) is 14.7. The normalized spacial score (nSPS) is 13.7. The largest absolute Gasteiger partial charge is 0.465 e. The zero-order chi connectivity index (χ0) is 16.8. The molecule has 4 nitrogen and oxygen atoms in total. The Balaban J connectivity index is 1.84. The first-order valence-electron chi connectivity index (χ1n) is 8.53. The van der Waals surface area contributed by atoms with Crippen LogP contribution in [0.15, 0.2) is 12.1 Å². The van der Waals surface area contributed by atoms with Gasteiger partial charge < -0.3 is 10.0 Å². The van der Waals surface area contributed by atoms with Gasteiger partial charge in [-0.3, -0.25) is 4.90 Å². The lowest BCUT2D eigenvalue weighted by Crippen LogP contribution is -2.26. The number of nitrogens with zero attached hydrogens (tertiary/aromatic N) is 2. The highest BCUT2D eigenvalue weighted by Crippen LogP contribution is 2.31. The summed E-state index contributed by atoms with van der Waals surface area (Å²) in [5.74, 6) is -0.278. The van der Waals surface area contributed by atoms with Crippen LogP contribution in [0.5, 0.6) is 0 Å². The second kappa shape index (κ2) is 8.29. The second-order valence-electron chi connectivity index (χ2n) is 6.37. The molecule has 1 heterocycles. The number of benzene rings is 1. The summed E-state index contributed by atoms with van der Waals surface area (Å²) in [7, 11) is 2.14. The lowest BCUT2D eigenvalue weighted by atomic mass is 10.0. The molecule has 1 aromatic rings. The van der Waals surface area contributed by atoms with E-state index >= 15 is 0 Å². The molecule has 0 aliphatic carbocycles. The van der Waals surface area contributed by atoms with Crippen LogP contribution in [0, 0.1) is 5.82 Å². The predicted molar refractivity (Wildman–Crippen MR) is 90.8 cm³/mol. The molecule has 1 amide bonds. The quantitative estimate of drug-likeness (QED) is 0.738. The molecule has 0 atom stereocenters. The Hall–Kier alpha value is -1.62. The minimum absolute atomic E-state index is 0.278. The van der Waals surface area contributed by atoms with Crippen molar-refractivity contribution in [3.63, 3.8) is 0 Å². The van der Waals surface area contributed by atoms with Crippen molar-refractivity contribution in [1.29, 1.82) is 0 Å². The Morgan fingerprint density at radius 2 is 2.09 bits per heavy atom. The van der Waals surface area contributed by atoms with E-state index in [4.69, 9.17) is 5.11 Å². The van der Waals surface area contributed by atoms with E-state index in [0.29, 0.717) is 18.7 Å². The van der Waals surface area contributed by atoms with Crippen LogP contribution in [-0.4, -0.2) is 42.8 Å². The number of carbonyl (C=O) groups is 1. The molecule has 128 valence electrons. The maximum Gasteiger partial charge on any atom is 0.411 e. The third-order valence-electron chi connectivity index (χ3n) is 4.47. The molecule has 0 radical (unpaired) electrons. The fourth-order valence-corrected chi connectivity index (χ4v) is 3.22. The molecule has 0 spiro atoms. The van der Waals surface area contributed by atoms with Gasteiger partial charge in [0, 0.05) is 6.54 Å². The van der Waals surface area contributed by atoms with E-state index in [1.807, 2.05) is 6.07 Å². The summed E-state index contributed by atoms with van der Waals surface area (Å²) in [5.41, 5.74) is 2.18. The molecule has 0 aromatic heterocycles. The SMILES string of the molecule is CCCN(C)CCCCCc1cc2c(cc1F)N(C(=O)O)CC2. The lowest BCUT2D eigenvalue weighted by molar-refractivity contribution is 0.202. The Labute approximate surface area is 137 Å². The van der Waals surface area contributed by atoms with Gasteiger partial charge in [0.2, 0.25) is 0 Å². The van der Waals surface area contributed by atoms with Gasteiger partial charge in [-0.25, -0.2) is 9.18 Å². The lowest BCUT2D eigenvalue weighted by Gasteiger charge is -2.15. The number of halogens is 1. The molecule has 0 saturated heterocycles. The van der Waals surface area contributed by atoms with E-state index in [-0.39, 0.29) is 5.82 Å². The van der Waals surface area contributed by atoms with Gasteiger partial charge in [-0.1, -0.05) is 19.4 Å². The summed E-state index contributed by atoms with van der Waals surface area (Å²) < 4.78 is 14.2. The number of amides is 1. The highest BCUT2D eigenvalue weighted by Gasteiger charge is 2.25. The van der Waals surface area contributed by atoms with Crippen molar-refractivity contribution in [2.45, 2.75) is 45.4 Å².